The zero-order valence-corrected chi connectivity index (χ0v) is 12.9. The lowest BCUT2D eigenvalue weighted by Crippen LogP contribution is -2.24. The van der Waals surface area contributed by atoms with Gasteiger partial charge in [0.1, 0.15) is 24.2 Å². The first kappa shape index (κ1) is 13.4. The van der Waals surface area contributed by atoms with Gasteiger partial charge in [-0.25, -0.2) is 15.0 Å². The molecule has 1 aromatic carbocycles. The topological polar surface area (TPSA) is 64.9 Å². The van der Waals surface area contributed by atoms with E-state index in [4.69, 9.17) is 4.74 Å². The number of thioether (sulfide) groups is 1. The molecule has 0 saturated heterocycles. The van der Waals surface area contributed by atoms with Crippen LogP contribution in [0.15, 0.2) is 41.8 Å². The van der Waals surface area contributed by atoms with Crippen LogP contribution in [0.4, 0.5) is 5.82 Å². The summed E-state index contributed by atoms with van der Waals surface area (Å²) in [6.07, 6.45) is 3.38. The number of benzene rings is 1. The zero-order valence-electron chi connectivity index (χ0n) is 12.1. The summed E-state index contributed by atoms with van der Waals surface area (Å²) in [6, 6.07) is 8.15. The molecule has 1 aliphatic rings. The second-order valence-corrected chi connectivity index (χ2v) is 6.38. The molecule has 0 radical (unpaired) electrons. The number of hydrogen-bond donors (Lipinski definition) is 1. The van der Waals surface area contributed by atoms with E-state index in [0.717, 1.165) is 29.3 Å². The molecule has 0 unspecified atom stereocenters. The maximum atomic E-state index is 5.84. The van der Waals surface area contributed by atoms with E-state index < -0.39 is 0 Å². The fourth-order valence-corrected chi connectivity index (χ4v) is 3.70. The Bertz CT molecular complexity index is 819. The van der Waals surface area contributed by atoms with Crippen molar-refractivity contribution in [3.8, 4) is 5.75 Å². The Balaban J connectivity index is 1.60. The SMILES string of the molecule is CNc1ncnc2c1ncn2C[C@@H]1COc2ccccc2S1. The third-order valence-electron chi connectivity index (χ3n) is 3.61. The lowest BCUT2D eigenvalue weighted by atomic mass is 10.3. The summed E-state index contributed by atoms with van der Waals surface area (Å²) in [4.78, 5) is 14.2. The maximum Gasteiger partial charge on any atom is 0.165 e. The van der Waals surface area contributed by atoms with Gasteiger partial charge in [-0.2, -0.15) is 0 Å². The molecule has 6 nitrogen and oxygen atoms in total. The van der Waals surface area contributed by atoms with Crippen molar-refractivity contribution < 1.29 is 4.74 Å². The first-order chi connectivity index (χ1) is 10.8. The van der Waals surface area contributed by atoms with Crippen LogP contribution < -0.4 is 10.1 Å². The van der Waals surface area contributed by atoms with Crippen LogP contribution in [0, 0.1) is 0 Å². The average molecular weight is 313 g/mol. The van der Waals surface area contributed by atoms with Gasteiger partial charge in [0.25, 0.3) is 0 Å². The fraction of sp³-hybridized carbons (Fsp3) is 0.267. The van der Waals surface area contributed by atoms with Crippen molar-refractivity contribution in [2.24, 2.45) is 0 Å². The van der Waals surface area contributed by atoms with E-state index in [9.17, 15) is 0 Å². The molecule has 1 aliphatic heterocycles. The van der Waals surface area contributed by atoms with Gasteiger partial charge in [0, 0.05) is 18.5 Å². The smallest absolute Gasteiger partial charge is 0.165 e. The lowest BCUT2D eigenvalue weighted by Gasteiger charge is -2.24. The Morgan fingerprint density at radius 3 is 3.14 bits per heavy atom. The molecular formula is C15H15N5OS. The number of para-hydroxylation sites is 1. The average Bonchev–Trinajstić information content (AvgIpc) is 2.98. The molecule has 3 heterocycles. The van der Waals surface area contributed by atoms with E-state index in [2.05, 4.69) is 30.9 Å². The first-order valence-corrected chi connectivity index (χ1v) is 7.95. The number of nitrogens with zero attached hydrogens (tertiary/aromatic N) is 4. The minimum atomic E-state index is 0.334. The summed E-state index contributed by atoms with van der Waals surface area (Å²) >= 11 is 1.84. The van der Waals surface area contributed by atoms with Crippen LogP contribution in [0.3, 0.4) is 0 Å². The molecule has 0 saturated carbocycles. The van der Waals surface area contributed by atoms with Gasteiger partial charge in [0.15, 0.2) is 11.5 Å². The third-order valence-corrected chi connectivity index (χ3v) is 4.82. The van der Waals surface area contributed by atoms with Crippen LogP contribution in [-0.4, -0.2) is 38.4 Å². The Morgan fingerprint density at radius 2 is 2.23 bits per heavy atom. The highest BCUT2D eigenvalue weighted by molar-refractivity contribution is 8.00. The Morgan fingerprint density at radius 1 is 1.32 bits per heavy atom. The summed E-state index contributed by atoms with van der Waals surface area (Å²) in [6.45, 7) is 1.49. The summed E-state index contributed by atoms with van der Waals surface area (Å²) in [5.41, 5.74) is 1.64. The molecule has 7 heteroatoms. The number of nitrogens with one attached hydrogen (secondary N) is 1. The number of rotatable bonds is 3. The van der Waals surface area contributed by atoms with E-state index in [1.807, 2.05) is 43.3 Å². The van der Waals surface area contributed by atoms with E-state index in [0.29, 0.717) is 11.9 Å². The minimum Gasteiger partial charge on any atom is -0.491 e. The molecule has 1 N–H and O–H groups in total. The predicted octanol–water partition coefficient (Wildman–Crippen LogP) is 2.42. The van der Waals surface area contributed by atoms with Crippen molar-refractivity contribution in [3.63, 3.8) is 0 Å². The standard InChI is InChI=1S/C15H15N5OS/c1-16-14-13-15(18-8-17-14)20(9-19-13)6-10-7-21-11-4-2-3-5-12(11)22-10/h2-5,8-10H,6-7H2,1H3,(H,16,17,18)/t10-/m1/s1. The highest BCUT2D eigenvalue weighted by Crippen LogP contribution is 2.37. The molecule has 1 atom stereocenters. The Labute approximate surface area is 131 Å². The van der Waals surface area contributed by atoms with Crippen LogP contribution in [-0.2, 0) is 6.54 Å². The maximum absolute atomic E-state index is 5.84. The molecule has 0 spiro atoms. The van der Waals surface area contributed by atoms with Gasteiger partial charge in [-0.15, -0.1) is 11.8 Å². The number of ether oxygens (including phenoxy) is 1. The minimum absolute atomic E-state index is 0.334. The molecule has 0 amide bonds. The number of aromatic nitrogens is 4. The van der Waals surface area contributed by atoms with Crippen molar-refractivity contribution in [2.45, 2.75) is 16.7 Å². The van der Waals surface area contributed by atoms with Crippen molar-refractivity contribution in [1.82, 2.24) is 19.5 Å². The Kier molecular flexibility index (Phi) is 3.34. The van der Waals surface area contributed by atoms with Crippen molar-refractivity contribution in [2.75, 3.05) is 19.0 Å². The predicted molar refractivity (Wildman–Crippen MR) is 86.5 cm³/mol. The van der Waals surface area contributed by atoms with Gasteiger partial charge in [-0.05, 0) is 12.1 Å². The molecule has 112 valence electrons. The first-order valence-electron chi connectivity index (χ1n) is 7.07. The van der Waals surface area contributed by atoms with Gasteiger partial charge in [0.2, 0.25) is 0 Å². The van der Waals surface area contributed by atoms with Gasteiger partial charge < -0.3 is 14.6 Å². The van der Waals surface area contributed by atoms with E-state index in [-0.39, 0.29) is 0 Å². The second kappa shape index (κ2) is 5.49. The third kappa shape index (κ3) is 2.27. The summed E-state index contributed by atoms with van der Waals surface area (Å²) in [7, 11) is 1.84. The van der Waals surface area contributed by atoms with Crippen LogP contribution in [0.5, 0.6) is 5.75 Å². The monoisotopic (exact) mass is 313 g/mol. The second-order valence-electron chi connectivity index (χ2n) is 5.04. The van der Waals surface area contributed by atoms with Crippen molar-refractivity contribution in [3.05, 3.63) is 36.9 Å². The van der Waals surface area contributed by atoms with Crippen LogP contribution in [0.25, 0.3) is 11.2 Å². The highest BCUT2D eigenvalue weighted by Gasteiger charge is 2.21. The number of fused-ring (bicyclic) bond motifs is 2. The molecule has 22 heavy (non-hydrogen) atoms. The van der Waals surface area contributed by atoms with Crippen LogP contribution in [0.2, 0.25) is 0 Å². The lowest BCUT2D eigenvalue weighted by molar-refractivity contribution is 0.294. The largest absolute Gasteiger partial charge is 0.491 e. The summed E-state index contributed by atoms with van der Waals surface area (Å²) < 4.78 is 7.90. The van der Waals surface area contributed by atoms with E-state index in [1.165, 1.54) is 4.90 Å². The summed E-state index contributed by atoms with van der Waals surface area (Å²) in [5, 5.41) is 3.38. The molecule has 3 aromatic rings. The number of imidazole rings is 1. The molecule has 0 fully saturated rings. The molecule has 0 bridgehead atoms. The molecule has 4 rings (SSSR count). The number of anilines is 1. The van der Waals surface area contributed by atoms with Crippen molar-refractivity contribution >= 4 is 28.7 Å². The molecule has 2 aromatic heterocycles. The Hall–Kier alpha value is -2.28. The van der Waals surface area contributed by atoms with E-state index in [1.54, 1.807) is 6.33 Å². The van der Waals surface area contributed by atoms with E-state index >= 15 is 0 Å². The van der Waals surface area contributed by atoms with Crippen LogP contribution >= 0.6 is 11.8 Å². The quantitative estimate of drug-likeness (QED) is 0.801. The molecular weight excluding hydrogens is 298 g/mol. The van der Waals surface area contributed by atoms with Crippen molar-refractivity contribution in [1.29, 1.82) is 0 Å². The van der Waals surface area contributed by atoms with Gasteiger partial charge in [-0.1, -0.05) is 12.1 Å². The summed E-state index contributed by atoms with van der Waals surface area (Å²) in [5.74, 6) is 1.72. The molecule has 0 aliphatic carbocycles. The zero-order chi connectivity index (χ0) is 14.9. The van der Waals surface area contributed by atoms with Gasteiger partial charge in [-0.3, -0.25) is 0 Å². The fourth-order valence-electron chi connectivity index (χ4n) is 2.57. The van der Waals surface area contributed by atoms with Gasteiger partial charge in [0.05, 0.1) is 11.6 Å². The van der Waals surface area contributed by atoms with Crippen LogP contribution in [0.1, 0.15) is 0 Å². The normalized spacial score (nSPS) is 17.0. The number of hydrogen-bond acceptors (Lipinski definition) is 6. The van der Waals surface area contributed by atoms with Gasteiger partial charge >= 0.3 is 0 Å². The highest BCUT2D eigenvalue weighted by atomic mass is 32.2.